The maximum atomic E-state index is 11.7. The fourth-order valence-corrected chi connectivity index (χ4v) is 2.40. The van der Waals surface area contributed by atoms with Crippen LogP contribution in [0.25, 0.3) is 0 Å². The molecule has 0 aromatic rings. The lowest BCUT2D eigenvalue weighted by Gasteiger charge is -2.20. The van der Waals surface area contributed by atoms with Crippen molar-refractivity contribution in [2.75, 3.05) is 19.0 Å². The smallest absolute Gasteiger partial charge is 0.214 e. The fraction of sp³-hybridized carbons (Fsp3) is 0.889. The Morgan fingerprint density at radius 2 is 2.12 bits per heavy atom. The van der Waals surface area contributed by atoms with Crippen molar-refractivity contribution in [3.05, 3.63) is 0 Å². The Morgan fingerprint density at radius 3 is 2.53 bits per heavy atom. The van der Waals surface area contributed by atoms with Crippen LogP contribution in [0.4, 0.5) is 0 Å². The summed E-state index contributed by atoms with van der Waals surface area (Å²) in [6.07, 6.45) is 0. The molecule has 0 aliphatic heterocycles. The van der Waals surface area contributed by atoms with Crippen molar-refractivity contribution >= 4 is 15.9 Å². The van der Waals surface area contributed by atoms with E-state index in [-0.39, 0.29) is 24.1 Å². The average Bonchev–Trinajstić information content (AvgIpc) is 2.25. The van der Waals surface area contributed by atoms with Gasteiger partial charge in [0, 0.05) is 6.61 Å². The van der Waals surface area contributed by atoms with Crippen LogP contribution in [0.1, 0.15) is 20.8 Å². The molecular weight excluding hydrogens is 246 g/mol. The summed E-state index contributed by atoms with van der Waals surface area (Å²) in [5.74, 6) is -0.421. The first-order valence-electron chi connectivity index (χ1n) is 5.39. The van der Waals surface area contributed by atoms with E-state index in [4.69, 9.17) is 15.7 Å². The maximum absolute atomic E-state index is 11.7. The Labute approximate surface area is 102 Å². The molecule has 8 heteroatoms. The lowest BCUT2D eigenvalue weighted by atomic mass is 10.1. The molecule has 0 saturated heterocycles. The predicted molar refractivity (Wildman–Crippen MR) is 65.5 cm³/mol. The van der Waals surface area contributed by atoms with Crippen LogP contribution in [-0.2, 0) is 14.8 Å². The molecule has 1 atom stereocenters. The topological polar surface area (TPSA) is 114 Å². The molecule has 0 aromatic carbocycles. The highest BCUT2D eigenvalue weighted by Crippen LogP contribution is 2.04. The monoisotopic (exact) mass is 267 g/mol. The first-order valence-corrected chi connectivity index (χ1v) is 7.04. The van der Waals surface area contributed by atoms with Gasteiger partial charge in [0.05, 0.1) is 18.4 Å². The molecule has 102 valence electrons. The zero-order valence-corrected chi connectivity index (χ0v) is 11.2. The van der Waals surface area contributed by atoms with E-state index >= 15 is 0 Å². The summed E-state index contributed by atoms with van der Waals surface area (Å²) in [5.41, 5.74) is 5.42. The van der Waals surface area contributed by atoms with E-state index in [1.165, 1.54) is 0 Å². The van der Waals surface area contributed by atoms with Gasteiger partial charge in [0.2, 0.25) is 10.0 Å². The Kier molecular flexibility index (Phi) is 7.09. The third-order valence-corrected chi connectivity index (χ3v) is 3.43. The Morgan fingerprint density at radius 1 is 1.53 bits per heavy atom. The SMILES string of the molecule is CCOCCS(=O)(=O)NC(C(N)=NO)C(C)C. The third-order valence-electron chi connectivity index (χ3n) is 2.11. The van der Waals surface area contributed by atoms with Gasteiger partial charge >= 0.3 is 0 Å². The number of amidine groups is 1. The highest BCUT2D eigenvalue weighted by molar-refractivity contribution is 7.89. The van der Waals surface area contributed by atoms with Crippen molar-refractivity contribution in [2.45, 2.75) is 26.8 Å². The number of sulfonamides is 1. The summed E-state index contributed by atoms with van der Waals surface area (Å²) >= 11 is 0. The number of nitrogens with two attached hydrogens (primary N) is 1. The zero-order chi connectivity index (χ0) is 13.5. The van der Waals surface area contributed by atoms with Gasteiger partial charge in [0.15, 0.2) is 5.84 Å². The number of hydrogen-bond acceptors (Lipinski definition) is 5. The summed E-state index contributed by atoms with van der Waals surface area (Å²) in [7, 11) is -3.50. The summed E-state index contributed by atoms with van der Waals surface area (Å²) in [6, 6.07) is -0.716. The highest BCUT2D eigenvalue weighted by atomic mass is 32.2. The summed E-state index contributed by atoms with van der Waals surface area (Å²) in [5, 5.41) is 11.4. The second kappa shape index (κ2) is 7.46. The van der Waals surface area contributed by atoms with Gasteiger partial charge in [-0.15, -0.1) is 0 Å². The number of nitrogens with one attached hydrogen (secondary N) is 1. The van der Waals surface area contributed by atoms with Crippen molar-refractivity contribution in [3.8, 4) is 0 Å². The van der Waals surface area contributed by atoms with Gasteiger partial charge in [0.25, 0.3) is 0 Å². The van der Waals surface area contributed by atoms with Crippen molar-refractivity contribution in [3.63, 3.8) is 0 Å². The molecule has 0 aromatic heterocycles. The number of oxime groups is 1. The molecule has 0 bridgehead atoms. The van der Waals surface area contributed by atoms with Crippen LogP contribution < -0.4 is 10.5 Å². The third kappa shape index (κ3) is 6.44. The first-order chi connectivity index (χ1) is 7.84. The van der Waals surface area contributed by atoms with E-state index in [9.17, 15) is 8.42 Å². The molecule has 0 saturated carbocycles. The van der Waals surface area contributed by atoms with Gasteiger partial charge < -0.3 is 15.7 Å². The van der Waals surface area contributed by atoms with Gasteiger partial charge in [-0.3, -0.25) is 0 Å². The maximum Gasteiger partial charge on any atom is 0.214 e. The second-order valence-corrected chi connectivity index (χ2v) is 5.75. The minimum absolute atomic E-state index is 0.118. The van der Waals surface area contributed by atoms with Gasteiger partial charge in [-0.05, 0) is 12.8 Å². The van der Waals surface area contributed by atoms with Crippen molar-refractivity contribution in [1.82, 2.24) is 4.72 Å². The molecule has 0 aliphatic carbocycles. The standard InChI is InChI=1S/C9H21N3O4S/c1-4-16-5-6-17(14,15)12-8(7(2)3)9(10)11-13/h7-8,12-13H,4-6H2,1-3H3,(H2,10,11). The number of nitrogens with zero attached hydrogens (tertiary/aromatic N) is 1. The summed E-state index contributed by atoms with van der Waals surface area (Å²) in [6.45, 7) is 5.91. The molecule has 0 fully saturated rings. The predicted octanol–water partition coefficient (Wildman–Crippen LogP) is -0.287. The molecular formula is C9H21N3O4S. The van der Waals surface area contributed by atoms with Crippen LogP contribution >= 0.6 is 0 Å². The molecule has 1 unspecified atom stereocenters. The summed E-state index contributed by atoms with van der Waals surface area (Å²) in [4.78, 5) is 0. The van der Waals surface area contributed by atoms with Crippen LogP contribution in [0.2, 0.25) is 0 Å². The van der Waals surface area contributed by atoms with Gasteiger partial charge in [-0.25, -0.2) is 13.1 Å². The molecule has 0 aliphatic rings. The van der Waals surface area contributed by atoms with Crippen LogP contribution in [0.3, 0.4) is 0 Å². The minimum atomic E-state index is -3.50. The van der Waals surface area contributed by atoms with Crippen molar-refractivity contribution < 1.29 is 18.4 Å². The fourth-order valence-electron chi connectivity index (χ4n) is 1.17. The minimum Gasteiger partial charge on any atom is -0.409 e. The van der Waals surface area contributed by atoms with Gasteiger partial charge in [-0.2, -0.15) is 0 Å². The molecule has 0 spiro atoms. The molecule has 0 radical (unpaired) electrons. The van der Waals surface area contributed by atoms with Gasteiger partial charge in [0.1, 0.15) is 0 Å². The van der Waals surface area contributed by atoms with Crippen LogP contribution in [0.15, 0.2) is 5.16 Å². The Bertz CT molecular complexity index is 340. The van der Waals surface area contributed by atoms with Crippen molar-refractivity contribution in [1.29, 1.82) is 0 Å². The Hall–Kier alpha value is -0.860. The van der Waals surface area contributed by atoms with Crippen LogP contribution in [0, 0.1) is 5.92 Å². The second-order valence-electron chi connectivity index (χ2n) is 3.88. The largest absolute Gasteiger partial charge is 0.409 e. The van der Waals surface area contributed by atoms with E-state index in [2.05, 4.69) is 9.88 Å². The zero-order valence-electron chi connectivity index (χ0n) is 10.4. The number of hydrogen-bond donors (Lipinski definition) is 3. The van der Waals surface area contributed by atoms with Gasteiger partial charge in [-0.1, -0.05) is 19.0 Å². The summed E-state index contributed by atoms with van der Waals surface area (Å²) < 4.78 is 30.7. The molecule has 7 nitrogen and oxygen atoms in total. The quantitative estimate of drug-likeness (QED) is 0.184. The Balaban J connectivity index is 4.54. The molecule has 0 heterocycles. The highest BCUT2D eigenvalue weighted by Gasteiger charge is 2.24. The van der Waals surface area contributed by atoms with E-state index in [1.807, 2.05) is 0 Å². The lowest BCUT2D eigenvalue weighted by Crippen LogP contribution is -2.48. The van der Waals surface area contributed by atoms with E-state index in [1.54, 1.807) is 20.8 Å². The number of ether oxygens (including phenoxy) is 1. The van der Waals surface area contributed by atoms with Crippen LogP contribution in [0.5, 0.6) is 0 Å². The lowest BCUT2D eigenvalue weighted by molar-refractivity contribution is 0.163. The van der Waals surface area contributed by atoms with E-state index < -0.39 is 16.1 Å². The van der Waals surface area contributed by atoms with E-state index in [0.29, 0.717) is 6.61 Å². The average molecular weight is 267 g/mol. The normalized spacial score (nSPS) is 15.2. The van der Waals surface area contributed by atoms with Crippen molar-refractivity contribution in [2.24, 2.45) is 16.8 Å². The van der Waals surface area contributed by atoms with Crippen LogP contribution in [-0.4, -0.2) is 44.5 Å². The van der Waals surface area contributed by atoms with E-state index in [0.717, 1.165) is 0 Å². The molecule has 0 amide bonds. The molecule has 4 N–H and O–H groups in total. The molecule has 17 heavy (non-hydrogen) atoms. The number of rotatable bonds is 8. The molecule has 0 rings (SSSR count). The first kappa shape index (κ1) is 16.1.